The summed E-state index contributed by atoms with van der Waals surface area (Å²) in [4.78, 5) is 13.0. The van der Waals surface area contributed by atoms with Crippen molar-refractivity contribution in [1.29, 1.82) is 0 Å². The molecule has 20 heavy (non-hydrogen) atoms. The highest BCUT2D eigenvalue weighted by atomic mass is 19.4. The van der Waals surface area contributed by atoms with Crippen LogP contribution in [0.3, 0.4) is 0 Å². The summed E-state index contributed by atoms with van der Waals surface area (Å²) in [6.45, 7) is 4.72. The Morgan fingerprint density at radius 1 is 1.30 bits per heavy atom. The number of hydrogen-bond donors (Lipinski definition) is 1. The van der Waals surface area contributed by atoms with Crippen molar-refractivity contribution in [2.24, 2.45) is 0 Å². The second kappa shape index (κ2) is 6.74. The lowest BCUT2D eigenvalue weighted by molar-refractivity contribution is -0.143. The largest absolute Gasteiger partial charge is 0.480 e. The Kier molecular flexibility index (Phi) is 5.56. The smallest absolute Gasteiger partial charge is 0.416 e. The number of carboxylic acids is 1. The minimum absolute atomic E-state index is 0.0565. The van der Waals surface area contributed by atoms with E-state index in [-0.39, 0.29) is 6.42 Å². The summed E-state index contributed by atoms with van der Waals surface area (Å²) in [6.07, 6.45) is -4.36. The van der Waals surface area contributed by atoms with E-state index in [9.17, 15) is 23.1 Å². The van der Waals surface area contributed by atoms with E-state index in [1.807, 2.05) is 13.8 Å². The summed E-state index contributed by atoms with van der Waals surface area (Å²) in [7, 11) is 0. The SMILES string of the molecule is CCN(CC)[C@@H](Cc1cccc(C(F)(F)F)c1)C(=O)O. The third-order valence-corrected chi connectivity index (χ3v) is 3.22. The molecule has 0 aliphatic heterocycles. The van der Waals surface area contributed by atoms with E-state index in [2.05, 4.69) is 0 Å². The molecule has 1 N–H and O–H groups in total. The van der Waals surface area contributed by atoms with Crippen LogP contribution in [-0.4, -0.2) is 35.1 Å². The molecule has 0 aromatic heterocycles. The van der Waals surface area contributed by atoms with Gasteiger partial charge in [-0.05, 0) is 31.1 Å². The summed E-state index contributed by atoms with van der Waals surface area (Å²) < 4.78 is 37.9. The maximum atomic E-state index is 12.6. The minimum Gasteiger partial charge on any atom is -0.480 e. The first kappa shape index (κ1) is 16.5. The molecule has 0 heterocycles. The molecule has 0 aliphatic rings. The Morgan fingerprint density at radius 2 is 1.90 bits per heavy atom. The normalized spacial score (nSPS) is 13.5. The van der Waals surface area contributed by atoms with Crippen molar-refractivity contribution < 1.29 is 23.1 Å². The van der Waals surface area contributed by atoms with Crippen molar-refractivity contribution in [2.45, 2.75) is 32.5 Å². The molecule has 112 valence electrons. The van der Waals surface area contributed by atoms with Crippen LogP contribution in [-0.2, 0) is 17.4 Å². The van der Waals surface area contributed by atoms with Gasteiger partial charge in [-0.15, -0.1) is 0 Å². The van der Waals surface area contributed by atoms with Crippen LogP contribution >= 0.6 is 0 Å². The fourth-order valence-electron chi connectivity index (χ4n) is 2.13. The minimum atomic E-state index is -4.41. The molecule has 6 heteroatoms. The van der Waals surface area contributed by atoms with Gasteiger partial charge < -0.3 is 5.11 Å². The summed E-state index contributed by atoms with van der Waals surface area (Å²) in [5, 5.41) is 9.23. The van der Waals surface area contributed by atoms with Gasteiger partial charge in [-0.2, -0.15) is 13.2 Å². The van der Waals surface area contributed by atoms with Crippen LogP contribution < -0.4 is 0 Å². The van der Waals surface area contributed by atoms with E-state index in [1.165, 1.54) is 12.1 Å². The number of alkyl halides is 3. The molecule has 3 nitrogen and oxygen atoms in total. The first-order valence-corrected chi connectivity index (χ1v) is 6.42. The summed E-state index contributed by atoms with van der Waals surface area (Å²) >= 11 is 0. The standard InChI is InChI=1S/C14H18F3NO2/c1-3-18(4-2)12(13(19)20)9-10-6-5-7-11(8-10)14(15,16)17/h5-8,12H,3-4,9H2,1-2H3,(H,19,20)/t12-/m0/s1. The number of rotatable bonds is 6. The van der Waals surface area contributed by atoms with Crippen molar-refractivity contribution in [3.63, 3.8) is 0 Å². The van der Waals surface area contributed by atoms with Gasteiger partial charge in [0.1, 0.15) is 6.04 Å². The van der Waals surface area contributed by atoms with E-state index in [0.29, 0.717) is 18.7 Å². The van der Waals surface area contributed by atoms with Crippen LogP contribution in [0.4, 0.5) is 13.2 Å². The zero-order chi connectivity index (χ0) is 15.3. The molecule has 0 saturated heterocycles. The molecule has 0 bridgehead atoms. The Balaban J connectivity index is 2.97. The molecule has 0 unspecified atom stereocenters. The highest BCUT2D eigenvalue weighted by molar-refractivity contribution is 5.74. The maximum absolute atomic E-state index is 12.6. The second-order valence-electron chi connectivity index (χ2n) is 4.48. The molecule has 1 rings (SSSR count). The lowest BCUT2D eigenvalue weighted by atomic mass is 10.0. The van der Waals surface area contributed by atoms with Crippen molar-refractivity contribution in [1.82, 2.24) is 4.90 Å². The first-order chi connectivity index (χ1) is 9.29. The maximum Gasteiger partial charge on any atom is 0.416 e. The lowest BCUT2D eigenvalue weighted by Gasteiger charge is -2.26. The monoisotopic (exact) mass is 289 g/mol. The number of halogens is 3. The molecule has 0 amide bonds. The quantitative estimate of drug-likeness (QED) is 0.875. The predicted octanol–water partition coefficient (Wildman–Crippen LogP) is 3.04. The average molecular weight is 289 g/mol. The molecular formula is C14H18F3NO2. The van der Waals surface area contributed by atoms with Crippen LogP contribution in [0.1, 0.15) is 25.0 Å². The van der Waals surface area contributed by atoms with E-state index < -0.39 is 23.8 Å². The number of likely N-dealkylation sites (N-methyl/N-ethyl adjacent to an activating group) is 1. The number of carbonyl (C=O) groups is 1. The van der Waals surface area contributed by atoms with E-state index in [4.69, 9.17) is 0 Å². The van der Waals surface area contributed by atoms with Gasteiger partial charge in [-0.3, -0.25) is 9.69 Å². The Morgan fingerprint density at radius 3 is 2.35 bits per heavy atom. The Hall–Kier alpha value is -1.56. The second-order valence-corrected chi connectivity index (χ2v) is 4.48. The van der Waals surface area contributed by atoms with Crippen LogP contribution in [0, 0.1) is 0 Å². The molecule has 1 aromatic carbocycles. The van der Waals surface area contributed by atoms with Gasteiger partial charge in [-0.25, -0.2) is 0 Å². The lowest BCUT2D eigenvalue weighted by Crippen LogP contribution is -2.42. The van der Waals surface area contributed by atoms with Crippen molar-refractivity contribution in [3.05, 3.63) is 35.4 Å². The van der Waals surface area contributed by atoms with Gasteiger partial charge in [0, 0.05) is 0 Å². The average Bonchev–Trinajstić information content (AvgIpc) is 2.38. The predicted molar refractivity (Wildman–Crippen MR) is 69.5 cm³/mol. The molecule has 0 spiro atoms. The summed E-state index contributed by atoms with van der Waals surface area (Å²) in [6, 6.07) is 4.01. The number of hydrogen-bond acceptors (Lipinski definition) is 2. The molecule has 1 aromatic rings. The fraction of sp³-hybridized carbons (Fsp3) is 0.500. The molecular weight excluding hydrogens is 271 g/mol. The Labute approximate surface area is 116 Å². The molecule has 0 fully saturated rings. The van der Waals surface area contributed by atoms with E-state index in [1.54, 1.807) is 4.90 Å². The van der Waals surface area contributed by atoms with Gasteiger partial charge in [0.05, 0.1) is 5.56 Å². The third-order valence-electron chi connectivity index (χ3n) is 3.22. The topological polar surface area (TPSA) is 40.5 Å². The van der Waals surface area contributed by atoms with E-state index >= 15 is 0 Å². The van der Waals surface area contributed by atoms with Crippen molar-refractivity contribution in [3.8, 4) is 0 Å². The number of aliphatic carboxylic acids is 1. The van der Waals surface area contributed by atoms with Crippen molar-refractivity contribution in [2.75, 3.05) is 13.1 Å². The highest BCUT2D eigenvalue weighted by Gasteiger charge is 2.31. The van der Waals surface area contributed by atoms with Gasteiger partial charge in [0.25, 0.3) is 0 Å². The van der Waals surface area contributed by atoms with Crippen LogP contribution in [0.15, 0.2) is 24.3 Å². The summed E-state index contributed by atoms with van der Waals surface area (Å²) in [5.74, 6) is -1.02. The number of nitrogens with zero attached hydrogens (tertiary/aromatic N) is 1. The zero-order valence-electron chi connectivity index (χ0n) is 11.4. The first-order valence-electron chi connectivity index (χ1n) is 6.42. The third kappa shape index (κ3) is 4.23. The van der Waals surface area contributed by atoms with Crippen LogP contribution in [0.5, 0.6) is 0 Å². The fourth-order valence-corrected chi connectivity index (χ4v) is 2.13. The molecule has 0 saturated carbocycles. The van der Waals surface area contributed by atoms with Gasteiger partial charge in [0.2, 0.25) is 0 Å². The van der Waals surface area contributed by atoms with Crippen LogP contribution in [0.2, 0.25) is 0 Å². The Bertz CT molecular complexity index is 456. The van der Waals surface area contributed by atoms with E-state index in [0.717, 1.165) is 12.1 Å². The van der Waals surface area contributed by atoms with Crippen molar-refractivity contribution >= 4 is 5.97 Å². The molecule has 1 atom stereocenters. The van der Waals surface area contributed by atoms with Gasteiger partial charge >= 0.3 is 12.1 Å². The number of carboxylic acid groups (broad SMARTS) is 1. The van der Waals surface area contributed by atoms with Crippen LogP contribution in [0.25, 0.3) is 0 Å². The summed E-state index contributed by atoms with van der Waals surface area (Å²) in [5.41, 5.74) is -0.377. The van der Waals surface area contributed by atoms with Gasteiger partial charge in [0.15, 0.2) is 0 Å². The zero-order valence-corrected chi connectivity index (χ0v) is 11.4. The number of benzene rings is 1. The van der Waals surface area contributed by atoms with Gasteiger partial charge in [-0.1, -0.05) is 32.0 Å². The highest BCUT2D eigenvalue weighted by Crippen LogP contribution is 2.29. The molecule has 0 radical (unpaired) electrons. The molecule has 0 aliphatic carbocycles.